The fourth-order valence-corrected chi connectivity index (χ4v) is 6.19. The van der Waals surface area contributed by atoms with E-state index < -0.39 is 17.9 Å². The van der Waals surface area contributed by atoms with E-state index in [9.17, 15) is 14.7 Å². The largest absolute Gasteiger partial charge is 0.478 e. The SMILES string of the molecule is CC1=C(C(=O)O)C(c2cccc(Cl)c2)C(C(=O)OCCC(c2ccccc2)c2ccccc2)=C(COCCN2CCOCC2)N1. The summed E-state index contributed by atoms with van der Waals surface area (Å²) in [6.07, 6.45) is 0.550. The Bertz CT molecular complexity index is 1480. The van der Waals surface area contributed by atoms with Crippen molar-refractivity contribution in [1.29, 1.82) is 0 Å². The summed E-state index contributed by atoms with van der Waals surface area (Å²) in [5, 5.41) is 13.9. The van der Waals surface area contributed by atoms with Crippen molar-refractivity contribution in [1.82, 2.24) is 10.2 Å². The average molecular weight is 631 g/mol. The smallest absolute Gasteiger partial charge is 0.336 e. The first-order valence-electron chi connectivity index (χ1n) is 15.3. The molecule has 9 heteroatoms. The summed E-state index contributed by atoms with van der Waals surface area (Å²) in [6, 6.07) is 27.2. The fourth-order valence-electron chi connectivity index (χ4n) is 5.99. The van der Waals surface area contributed by atoms with Gasteiger partial charge >= 0.3 is 11.9 Å². The molecule has 3 aromatic rings. The number of nitrogens with zero attached hydrogens (tertiary/aromatic N) is 1. The van der Waals surface area contributed by atoms with Gasteiger partial charge < -0.3 is 24.6 Å². The van der Waals surface area contributed by atoms with Crippen LogP contribution in [0, 0.1) is 0 Å². The molecule has 236 valence electrons. The first-order chi connectivity index (χ1) is 21.9. The molecule has 0 radical (unpaired) electrons. The van der Waals surface area contributed by atoms with Crippen LogP contribution in [0.2, 0.25) is 5.02 Å². The molecule has 1 atom stereocenters. The second-order valence-corrected chi connectivity index (χ2v) is 11.6. The highest BCUT2D eigenvalue weighted by molar-refractivity contribution is 6.30. The lowest BCUT2D eigenvalue weighted by atomic mass is 9.80. The molecule has 3 aromatic carbocycles. The summed E-state index contributed by atoms with van der Waals surface area (Å²) in [6.45, 7) is 6.17. The lowest BCUT2D eigenvalue weighted by molar-refractivity contribution is -0.139. The molecule has 45 heavy (non-hydrogen) atoms. The molecule has 2 aliphatic rings. The number of benzene rings is 3. The highest BCUT2D eigenvalue weighted by Gasteiger charge is 2.38. The third-order valence-electron chi connectivity index (χ3n) is 8.22. The Balaban J connectivity index is 1.40. The lowest BCUT2D eigenvalue weighted by Crippen LogP contribution is -2.38. The van der Waals surface area contributed by atoms with Gasteiger partial charge in [-0.25, -0.2) is 9.59 Å². The number of carbonyl (C=O) groups excluding carboxylic acids is 1. The summed E-state index contributed by atoms with van der Waals surface area (Å²) in [5.41, 5.74) is 4.02. The van der Waals surface area contributed by atoms with E-state index in [0.717, 1.165) is 30.8 Å². The number of allylic oxidation sites excluding steroid dienone is 1. The number of ether oxygens (including phenoxy) is 3. The van der Waals surface area contributed by atoms with Gasteiger partial charge in [0.05, 0.1) is 55.8 Å². The van der Waals surface area contributed by atoms with Crippen LogP contribution in [-0.4, -0.2) is 74.6 Å². The number of halogens is 1. The third kappa shape index (κ3) is 8.41. The van der Waals surface area contributed by atoms with Crippen LogP contribution in [0.5, 0.6) is 0 Å². The van der Waals surface area contributed by atoms with Gasteiger partial charge in [0.1, 0.15) is 0 Å². The van der Waals surface area contributed by atoms with Gasteiger partial charge in [0, 0.05) is 36.3 Å². The first-order valence-corrected chi connectivity index (χ1v) is 15.6. The Labute approximate surface area is 269 Å². The molecule has 0 spiro atoms. The standard InChI is InChI=1S/C36H39ClN2O6/c1-25-32(35(40)41)33(28-13-8-14-29(37)23-28)34(31(38-25)24-44-22-18-39-16-20-43-21-17-39)36(42)45-19-15-30(26-9-4-2-5-10-26)27-11-6-3-7-12-27/h2-14,23,30,33,38H,15-22,24H2,1H3,(H,40,41). The van der Waals surface area contributed by atoms with Gasteiger partial charge in [-0.1, -0.05) is 84.4 Å². The number of carboxylic acid groups (broad SMARTS) is 1. The zero-order valence-corrected chi connectivity index (χ0v) is 26.2. The van der Waals surface area contributed by atoms with Crippen molar-refractivity contribution in [3.8, 4) is 0 Å². The molecule has 1 unspecified atom stereocenters. The van der Waals surface area contributed by atoms with Crippen LogP contribution in [-0.2, 0) is 23.8 Å². The van der Waals surface area contributed by atoms with E-state index in [4.69, 9.17) is 25.8 Å². The van der Waals surface area contributed by atoms with Crippen LogP contribution in [0.4, 0.5) is 0 Å². The predicted molar refractivity (Wildman–Crippen MR) is 173 cm³/mol. The van der Waals surface area contributed by atoms with E-state index in [-0.39, 0.29) is 30.3 Å². The van der Waals surface area contributed by atoms with Crippen molar-refractivity contribution in [3.63, 3.8) is 0 Å². The van der Waals surface area contributed by atoms with Crippen molar-refractivity contribution in [2.45, 2.75) is 25.2 Å². The predicted octanol–water partition coefficient (Wildman–Crippen LogP) is 5.75. The maximum Gasteiger partial charge on any atom is 0.336 e. The summed E-state index contributed by atoms with van der Waals surface area (Å²) in [7, 11) is 0. The summed E-state index contributed by atoms with van der Waals surface area (Å²) in [5.74, 6) is -2.60. The maximum absolute atomic E-state index is 14.0. The van der Waals surface area contributed by atoms with Crippen LogP contribution >= 0.6 is 11.6 Å². The van der Waals surface area contributed by atoms with Gasteiger partial charge in [-0.05, 0) is 42.2 Å². The topological polar surface area (TPSA) is 97.3 Å². The van der Waals surface area contributed by atoms with Crippen LogP contribution in [0.1, 0.15) is 41.9 Å². The van der Waals surface area contributed by atoms with Gasteiger partial charge in [0.2, 0.25) is 0 Å². The van der Waals surface area contributed by atoms with E-state index in [0.29, 0.717) is 48.2 Å². The van der Waals surface area contributed by atoms with E-state index >= 15 is 0 Å². The minimum atomic E-state index is -1.13. The molecule has 0 aliphatic carbocycles. The zero-order chi connectivity index (χ0) is 31.6. The third-order valence-corrected chi connectivity index (χ3v) is 8.46. The first kappa shape index (κ1) is 32.4. The molecule has 0 amide bonds. The van der Waals surface area contributed by atoms with Crippen molar-refractivity contribution in [3.05, 3.63) is 129 Å². The Kier molecular flexibility index (Phi) is 11.4. The van der Waals surface area contributed by atoms with Gasteiger partial charge in [-0.2, -0.15) is 0 Å². The Morgan fingerprint density at radius 3 is 2.24 bits per heavy atom. The monoisotopic (exact) mass is 630 g/mol. The number of hydrogen-bond donors (Lipinski definition) is 2. The number of morpholine rings is 1. The van der Waals surface area contributed by atoms with E-state index in [1.54, 1.807) is 31.2 Å². The quantitative estimate of drug-likeness (QED) is 0.182. The Morgan fingerprint density at radius 1 is 0.956 bits per heavy atom. The zero-order valence-electron chi connectivity index (χ0n) is 25.4. The summed E-state index contributed by atoms with van der Waals surface area (Å²) in [4.78, 5) is 28.9. The summed E-state index contributed by atoms with van der Waals surface area (Å²) >= 11 is 6.35. The number of dihydropyridines is 1. The maximum atomic E-state index is 14.0. The van der Waals surface area contributed by atoms with Gasteiger partial charge in [0.25, 0.3) is 0 Å². The minimum absolute atomic E-state index is 0.0158. The van der Waals surface area contributed by atoms with E-state index in [2.05, 4.69) is 34.5 Å². The Morgan fingerprint density at radius 2 is 1.62 bits per heavy atom. The van der Waals surface area contributed by atoms with Crippen molar-refractivity contribution in [2.24, 2.45) is 0 Å². The van der Waals surface area contributed by atoms with E-state index in [1.807, 2.05) is 36.4 Å². The van der Waals surface area contributed by atoms with Gasteiger partial charge in [0.15, 0.2) is 0 Å². The molecule has 0 bridgehead atoms. The molecule has 1 saturated heterocycles. The molecule has 2 heterocycles. The number of nitrogens with one attached hydrogen (secondary N) is 1. The molecule has 5 rings (SSSR count). The molecule has 2 N–H and O–H groups in total. The lowest BCUT2D eigenvalue weighted by Gasteiger charge is -2.31. The molecule has 2 aliphatic heterocycles. The van der Waals surface area contributed by atoms with Gasteiger partial charge in [-0.15, -0.1) is 0 Å². The average Bonchev–Trinajstić information content (AvgIpc) is 3.05. The number of carbonyl (C=O) groups is 2. The van der Waals surface area contributed by atoms with Crippen molar-refractivity contribution in [2.75, 3.05) is 52.7 Å². The van der Waals surface area contributed by atoms with Crippen LogP contribution in [0.3, 0.4) is 0 Å². The highest BCUT2D eigenvalue weighted by Crippen LogP contribution is 2.40. The number of rotatable bonds is 13. The molecule has 1 fully saturated rings. The highest BCUT2D eigenvalue weighted by atomic mass is 35.5. The van der Waals surface area contributed by atoms with Gasteiger partial charge in [-0.3, -0.25) is 4.90 Å². The second kappa shape index (κ2) is 15.9. The molecule has 0 saturated carbocycles. The normalized spacial score (nSPS) is 17.4. The van der Waals surface area contributed by atoms with Crippen molar-refractivity contribution < 1.29 is 28.9 Å². The number of carboxylic acids is 1. The van der Waals surface area contributed by atoms with E-state index in [1.165, 1.54) is 0 Å². The molecular formula is C36H39ClN2O6. The molecular weight excluding hydrogens is 592 g/mol. The second-order valence-electron chi connectivity index (χ2n) is 11.2. The molecule has 0 aromatic heterocycles. The van der Waals surface area contributed by atoms with Crippen molar-refractivity contribution >= 4 is 23.5 Å². The summed E-state index contributed by atoms with van der Waals surface area (Å²) < 4.78 is 17.5. The van der Waals surface area contributed by atoms with Crippen LogP contribution in [0.25, 0.3) is 0 Å². The minimum Gasteiger partial charge on any atom is -0.478 e. The van der Waals surface area contributed by atoms with Crippen LogP contribution in [0.15, 0.2) is 107 Å². The fraction of sp³-hybridized carbons (Fsp3) is 0.333. The number of esters is 1. The Hall–Kier alpha value is -3.95. The molecule has 8 nitrogen and oxygen atoms in total. The van der Waals surface area contributed by atoms with Crippen LogP contribution < -0.4 is 5.32 Å². The number of hydrogen-bond acceptors (Lipinski definition) is 7. The number of aliphatic carboxylic acids is 1.